The van der Waals surface area contributed by atoms with E-state index in [0.29, 0.717) is 15.4 Å². The Morgan fingerprint density at radius 3 is 2.26 bits per heavy atom. The Balaban J connectivity index is 1.66. The first-order valence-electron chi connectivity index (χ1n) is 13.0. The third-order valence-electron chi connectivity index (χ3n) is 7.59. The van der Waals surface area contributed by atoms with Gasteiger partial charge in [-0.3, -0.25) is 4.55 Å². The van der Waals surface area contributed by atoms with Crippen LogP contribution in [0, 0.1) is 0 Å². The number of halogens is 4. The van der Waals surface area contributed by atoms with Gasteiger partial charge in [-0.15, -0.1) is 0 Å². The number of alkyl halides is 3. The molecule has 1 aliphatic rings. The normalized spacial score (nSPS) is 15.7. The van der Waals surface area contributed by atoms with Crippen LogP contribution in [0.1, 0.15) is 37.1 Å². The molecule has 0 aliphatic carbocycles. The molecule has 1 unspecified atom stereocenters. The van der Waals surface area contributed by atoms with Crippen molar-refractivity contribution >= 4 is 47.0 Å². The summed E-state index contributed by atoms with van der Waals surface area (Å²) in [5.41, 5.74) is -4.78. The Bertz CT molecular complexity index is 1940. The van der Waals surface area contributed by atoms with Crippen LogP contribution in [0.5, 0.6) is 5.75 Å². The summed E-state index contributed by atoms with van der Waals surface area (Å²) in [6, 6.07) is 15.4. The van der Waals surface area contributed by atoms with Crippen molar-refractivity contribution < 1.29 is 44.4 Å². The third-order valence-corrected chi connectivity index (χ3v) is 10.7. The molecule has 43 heavy (non-hydrogen) atoms. The smallest absolute Gasteiger partial charge is 0.417 e. The molecule has 3 aromatic carbocycles. The summed E-state index contributed by atoms with van der Waals surface area (Å²) < 4.78 is 113. The lowest BCUT2D eigenvalue weighted by Gasteiger charge is -2.38. The van der Waals surface area contributed by atoms with Crippen LogP contribution in [0.4, 0.5) is 13.2 Å². The number of ether oxygens (including phenoxy) is 1. The first-order chi connectivity index (χ1) is 19.8. The van der Waals surface area contributed by atoms with E-state index in [9.17, 15) is 39.7 Å². The molecule has 0 saturated heterocycles. The van der Waals surface area contributed by atoms with Crippen molar-refractivity contribution in [3.8, 4) is 5.75 Å². The van der Waals surface area contributed by atoms with Crippen molar-refractivity contribution in [3.63, 3.8) is 0 Å². The number of fused-ring (bicyclic) bond motifs is 2. The minimum absolute atomic E-state index is 0.0548. The minimum atomic E-state index is -5.24. The number of nitrogens with zero attached hydrogens (tertiary/aromatic N) is 1. The van der Waals surface area contributed by atoms with Gasteiger partial charge in [-0.05, 0) is 65.9 Å². The standard InChI is InChI=1S/C29H27BrF3NO7S2/c1-27(2,24-15-23(43(38,39)40)14-18-10-11-41-26(18)24)17-28(35,29(31,32)33)16-21-13-19-12-20(30)8-9-25(19)34(21)42(36,37)22-6-4-3-5-7-22/h3-9,12-15,35H,10-11,16-17H2,1-2H3,(H,38,39,40). The van der Waals surface area contributed by atoms with E-state index >= 15 is 0 Å². The Morgan fingerprint density at radius 2 is 1.63 bits per heavy atom. The summed E-state index contributed by atoms with van der Waals surface area (Å²) in [6.07, 6.45) is -7.10. The molecule has 0 spiro atoms. The maximum absolute atomic E-state index is 14.9. The molecule has 0 radical (unpaired) electrons. The van der Waals surface area contributed by atoms with Gasteiger partial charge in [0.15, 0.2) is 5.60 Å². The van der Waals surface area contributed by atoms with Crippen LogP contribution in [0.15, 0.2) is 81.0 Å². The molecule has 8 nitrogen and oxygen atoms in total. The number of rotatable bonds is 8. The summed E-state index contributed by atoms with van der Waals surface area (Å²) in [6.45, 7) is 2.94. The molecule has 0 bridgehead atoms. The van der Waals surface area contributed by atoms with Gasteiger partial charge in [0, 0.05) is 34.0 Å². The highest BCUT2D eigenvalue weighted by Crippen LogP contribution is 2.48. The van der Waals surface area contributed by atoms with Crippen LogP contribution in [0.3, 0.4) is 0 Å². The fourth-order valence-corrected chi connectivity index (χ4v) is 8.14. The number of aliphatic hydroxyl groups is 1. The van der Waals surface area contributed by atoms with Crippen molar-refractivity contribution in [3.05, 3.63) is 88.0 Å². The van der Waals surface area contributed by atoms with Crippen LogP contribution >= 0.6 is 15.9 Å². The van der Waals surface area contributed by atoms with E-state index in [-0.39, 0.29) is 40.4 Å². The van der Waals surface area contributed by atoms with E-state index in [1.165, 1.54) is 56.3 Å². The van der Waals surface area contributed by atoms with E-state index in [2.05, 4.69) is 15.9 Å². The molecule has 14 heteroatoms. The first kappa shape index (κ1) is 31.5. The minimum Gasteiger partial charge on any atom is -0.493 e. The fourth-order valence-electron chi connectivity index (χ4n) is 5.64. The van der Waals surface area contributed by atoms with Crippen molar-refractivity contribution in [2.24, 2.45) is 0 Å². The van der Waals surface area contributed by atoms with Crippen molar-refractivity contribution in [1.29, 1.82) is 0 Å². The second kappa shape index (κ2) is 10.6. The molecule has 5 rings (SSSR count). The van der Waals surface area contributed by atoms with Crippen LogP contribution in [-0.2, 0) is 38.4 Å². The molecule has 1 aliphatic heterocycles. The number of hydrogen-bond acceptors (Lipinski definition) is 6. The van der Waals surface area contributed by atoms with Gasteiger partial charge in [0.2, 0.25) is 0 Å². The number of hydrogen-bond donors (Lipinski definition) is 2. The van der Waals surface area contributed by atoms with Crippen molar-refractivity contribution in [2.75, 3.05) is 6.61 Å². The fraction of sp³-hybridized carbons (Fsp3) is 0.310. The first-order valence-corrected chi connectivity index (χ1v) is 16.7. The van der Waals surface area contributed by atoms with Crippen molar-refractivity contribution in [2.45, 2.75) is 60.1 Å². The van der Waals surface area contributed by atoms with Crippen LogP contribution in [-0.4, -0.2) is 48.9 Å². The zero-order chi connectivity index (χ0) is 31.6. The molecule has 0 fully saturated rings. The zero-order valence-electron chi connectivity index (χ0n) is 22.9. The lowest BCUT2D eigenvalue weighted by atomic mass is 9.73. The van der Waals surface area contributed by atoms with Gasteiger partial charge < -0.3 is 9.84 Å². The van der Waals surface area contributed by atoms with Gasteiger partial charge in [0.1, 0.15) is 5.75 Å². The molecule has 230 valence electrons. The molecule has 0 amide bonds. The molecule has 2 heterocycles. The molecule has 2 N–H and O–H groups in total. The van der Waals surface area contributed by atoms with E-state index in [1.54, 1.807) is 18.2 Å². The predicted molar refractivity (Wildman–Crippen MR) is 156 cm³/mol. The third kappa shape index (κ3) is 5.82. The highest BCUT2D eigenvalue weighted by molar-refractivity contribution is 9.10. The van der Waals surface area contributed by atoms with Gasteiger partial charge in [0.25, 0.3) is 20.1 Å². The predicted octanol–water partition coefficient (Wildman–Crippen LogP) is 6.03. The second-order valence-electron chi connectivity index (χ2n) is 11.2. The van der Waals surface area contributed by atoms with E-state index in [4.69, 9.17) is 4.74 Å². The van der Waals surface area contributed by atoms with Gasteiger partial charge in [-0.25, -0.2) is 12.4 Å². The lowest BCUT2D eigenvalue weighted by Crippen LogP contribution is -2.51. The molecule has 4 aromatic rings. The summed E-state index contributed by atoms with van der Waals surface area (Å²) in [5, 5.41) is 11.8. The highest BCUT2D eigenvalue weighted by atomic mass is 79.9. The summed E-state index contributed by atoms with van der Waals surface area (Å²) in [4.78, 5) is -0.655. The van der Waals surface area contributed by atoms with Crippen LogP contribution < -0.4 is 4.74 Å². The molecular weight excluding hydrogens is 675 g/mol. The van der Waals surface area contributed by atoms with Crippen LogP contribution in [0.2, 0.25) is 0 Å². The Labute approximate surface area is 255 Å². The van der Waals surface area contributed by atoms with Crippen LogP contribution in [0.25, 0.3) is 10.9 Å². The Hall–Kier alpha value is -2.91. The van der Waals surface area contributed by atoms with E-state index in [0.717, 1.165) is 10.0 Å². The van der Waals surface area contributed by atoms with E-state index < -0.39 is 55.1 Å². The summed E-state index contributed by atoms with van der Waals surface area (Å²) in [7, 11) is -9.11. The topological polar surface area (TPSA) is 123 Å². The maximum Gasteiger partial charge on any atom is 0.417 e. The molecule has 1 atom stereocenters. The quantitative estimate of drug-likeness (QED) is 0.215. The Kier molecular flexibility index (Phi) is 7.78. The average Bonchev–Trinajstić information content (AvgIpc) is 3.51. The number of benzene rings is 3. The van der Waals surface area contributed by atoms with Gasteiger partial charge in [-0.1, -0.05) is 48.0 Å². The largest absolute Gasteiger partial charge is 0.493 e. The number of aromatic nitrogens is 1. The Morgan fingerprint density at radius 1 is 0.953 bits per heavy atom. The SMILES string of the molecule is CC(C)(CC(O)(Cc1cc2cc(Br)ccc2n1S(=O)(=O)c1ccccc1)C(F)(F)F)c1cc(S(=O)(=O)O)cc2c1OCC2. The lowest BCUT2D eigenvalue weighted by molar-refractivity contribution is -0.266. The summed E-state index contributed by atoms with van der Waals surface area (Å²) in [5.74, 6) is 0.188. The molecule has 0 saturated carbocycles. The molecular formula is C29H27BrF3NO7S2. The average molecular weight is 703 g/mol. The van der Waals surface area contributed by atoms with Gasteiger partial charge in [0.05, 0.1) is 21.9 Å². The molecule has 1 aromatic heterocycles. The van der Waals surface area contributed by atoms with Gasteiger partial charge in [-0.2, -0.15) is 21.6 Å². The van der Waals surface area contributed by atoms with E-state index in [1.807, 2.05) is 0 Å². The van der Waals surface area contributed by atoms with Crippen molar-refractivity contribution in [1.82, 2.24) is 3.97 Å². The van der Waals surface area contributed by atoms with Gasteiger partial charge >= 0.3 is 6.18 Å². The monoisotopic (exact) mass is 701 g/mol. The summed E-state index contributed by atoms with van der Waals surface area (Å²) >= 11 is 3.30. The second-order valence-corrected chi connectivity index (χ2v) is 15.3. The zero-order valence-corrected chi connectivity index (χ0v) is 26.1. The maximum atomic E-state index is 14.9. The highest BCUT2D eigenvalue weighted by Gasteiger charge is 2.57.